The van der Waals surface area contributed by atoms with Gasteiger partial charge in [0.2, 0.25) is 0 Å². The predicted octanol–water partition coefficient (Wildman–Crippen LogP) is 1.78. The fraction of sp³-hybridized carbons (Fsp3) is 0.556. The summed E-state index contributed by atoms with van der Waals surface area (Å²) in [6.07, 6.45) is 0. The van der Waals surface area contributed by atoms with Crippen molar-refractivity contribution in [2.24, 2.45) is 5.73 Å². The molecule has 0 spiro atoms. The zero-order valence-corrected chi connectivity index (χ0v) is 12.4. The number of ether oxygens (including phenoxy) is 1. The van der Waals surface area contributed by atoms with Crippen LogP contribution in [-0.2, 0) is 9.53 Å². The Labute approximate surface area is 111 Å². The van der Waals surface area contributed by atoms with Crippen LogP contribution in [0.5, 0.6) is 0 Å². The van der Waals surface area contributed by atoms with E-state index in [1.165, 1.54) is 7.11 Å². The second-order valence-corrected chi connectivity index (χ2v) is 4.90. The van der Waals surface area contributed by atoms with Gasteiger partial charge in [0.1, 0.15) is 21.1 Å². The molecule has 0 aliphatic heterocycles. The molecular formula is C9H13Br2N3O2. The van der Waals surface area contributed by atoms with Crippen LogP contribution < -0.4 is 5.73 Å². The van der Waals surface area contributed by atoms with Crippen LogP contribution in [0.1, 0.15) is 18.8 Å². The Morgan fingerprint density at radius 1 is 1.56 bits per heavy atom. The number of nitrogens with zero attached hydrogens (tertiary/aromatic N) is 2. The second-order valence-electron chi connectivity index (χ2n) is 3.40. The molecule has 1 aromatic rings. The highest BCUT2D eigenvalue weighted by Gasteiger charge is 2.26. The summed E-state index contributed by atoms with van der Waals surface area (Å²) in [7, 11) is 1.32. The van der Waals surface area contributed by atoms with Crippen molar-refractivity contribution in [1.29, 1.82) is 0 Å². The first-order valence-electron chi connectivity index (χ1n) is 4.63. The number of esters is 1. The van der Waals surface area contributed by atoms with Gasteiger partial charge in [-0.3, -0.25) is 4.79 Å². The van der Waals surface area contributed by atoms with Gasteiger partial charge in [-0.1, -0.05) is 0 Å². The van der Waals surface area contributed by atoms with Crippen molar-refractivity contribution in [3.8, 4) is 0 Å². The van der Waals surface area contributed by atoms with Crippen molar-refractivity contribution in [3.63, 3.8) is 0 Å². The van der Waals surface area contributed by atoms with Gasteiger partial charge in [-0.2, -0.15) is 0 Å². The number of methoxy groups -OCH3 is 1. The van der Waals surface area contributed by atoms with Crippen LogP contribution in [0.3, 0.4) is 0 Å². The number of nitrogens with two attached hydrogens (primary N) is 1. The Balaban J connectivity index is 3.04. The number of imidazole rings is 1. The van der Waals surface area contributed by atoms with E-state index >= 15 is 0 Å². The highest BCUT2D eigenvalue weighted by Crippen LogP contribution is 2.28. The highest BCUT2D eigenvalue weighted by molar-refractivity contribution is 9.13. The Hall–Kier alpha value is -0.400. The number of aryl methyl sites for hydroxylation is 1. The number of hydrogen-bond donors (Lipinski definition) is 1. The molecule has 16 heavy (non-hydrogen) atoms. The summed E-state index contributed by atoms with van der Waals surface area (Å²) in [6.45, 7) is 3.68. The molecule has 5 nitrogen and oxygen atoms in total. The molecule has 1 aromatic heterocycles. The molecule has 90 valence electrons. The van der Waals surface area contributed by atoms with Gasteiger partial charge in [0.15, 0.2) is 0 Å². The van der Waals surface area contributed by atoms with E-state index in [1.807, 2.05) is 18.4 Å². The van der Waals surface area contributed by atoms with E-state index in [1.54, 1.807) is 0 Å². The first-order valence-corrected chi connectivity index (χ1v) is 6.22. The molecule has 0 bridgehead atoms. The average molecular weight is 355 g/mol. The predicted molar refractivity (Wildman–Crippen MR) is 67.1 cm³/mol. The Morgan fingerprint density at radius 2 is 2.12 bits per heavy atom. The molecule has 1 rings (SSSR count). The van der Waals surface area contributed by atoms with Crippen LogP contribution in [0.15, 0.2) is 9.21 Å². The van der Waals surface area contributed by atoms with Crippen LogP contribution >= 0.6 is 31.9 Å². The summed E-state index contributed by atoms with van der Waals surface area (Å²) < 4.78 is 7.91. The van der Waals surface area contributed by atoms with Gasteiger partial charge in [-0.05, 0) is 45.7 Å². The van der Waals surface area contributed by atoms with Crippen LogP contribution in [0.25, 0.3) is 0 Å². The Kier molecular flexibility index (Phi) is 4.52. The number of halogens is 2. The first kappa shape index (κ1) is 13.7. The number of hydrogen-bond acceptors (Lipinski definition) is 4. The Bertz CT molecular complexity index is 406. The van der Waals surface area contributed by atoms with E-state index < -0.39 is 12.0 Å². The molecule has 0 radical (unpaired) electrons. The summed E-state index contributed by atoms with van der Waals surface area (Å²) in [5, 5.41) is 0. The fourth-order valence-electron chi connectivity index (χ4n) is 1.45. The molecule has 0 fully saturated rings. The van der Waals surface area contributed by atoms with Crippen LogP contribution in [0.2, 0.25) is 0 Å². The minimum Gasteiger partial charge on any atom is -0.468 e. The van der Waals surface area contributed by atoms with Gasteiger partial charge in [0.25, 0.3) is 0 Å². The lowest BCUT2D eigenvalue weighted by atomic mass is 10.1. The molecule has 0 saturated heterocycles. The van der Waals surface area contributed by atoms with E-state index in [-0.39, 0.29) is 6.04 Å². The maximum Gasteiger partial charge on any atom is 0.324 e. The zero-order chi connectivity index (χ0) is 12.5. The van der Waals surface area contributed by atoms with Crippen LogP contribution in [0.4, 0.5) is 0 Å². The summed E-state index contributed by atoms with van der Waals surface area (Å²) >= 11 is 6.69. The standard InChI is InChI=1S/C9H13Br2N3O2/c1-4(6(12)9(15)16-3)14-5(2)13-7(10)8(14)11/h4,6H,12H2,1-3H3. The molecule has 0 saturated carbocycles. The average Bonchev–Trinajstić information content (AvgIpc) is 2.50. The summed E-state index contributed by atoms with van der Waals surface area (Å²) in [5.41, 5.74) is 5.79. The van der Waals surface area contributed by atoms with Crippen molar-refractivity contribution >= 4 is 37.8 Å². The third kappa shape index (κ3) is 2.46. The van der Waals surface area contributed by atoms with Crippen molar-refractivity contribution < 1.29 is 9.53 Å². The van der Waals surface area contributed by atoms with Crippen molar-refractivity contribution in [3.05, 3.63) is 15.0 Å². The molecule has 0 amide bonds. The second kappa shape index (κ2) is 5.29. The van der Waals surface area contributed by atoms with E-state index in [4.69, 9.17) is 5.73 Å². The van der Waals surface area contributed by atoms with Crippen LogP contribution in [-0.4, -0.2) is 28.7 Å². The van der Waals surface area contributed by atoms with E-state index in [9.17, 15) is 4.79 Å². The lowest BCUT2D eigenvalue weighted by Gasteiger charge is -2.21. The van der Waals surface area contributed by atoms with Gasteiger partial charge in [0.05, 0.1) is 13.2 Å². The fourth-order valence-corrected chi connectivity index (χ4v) is 2.57. The lowest BCUT2D eigenvalue weighted by molar-refractivity contribution is -0.143. The maximum absolute atomic E-state index is 11.3. The minimum absolute atomic E-state index is 0.236. The van der Waals surface area contributed by atoms with Gasteiger partial charge >= 0.3 is 5.97 Å². The molecule has 2 unspecified atom stereocenters. The smallest absolute Gasteiger partial charge is 0.324 e. The molecule has 7 heteroatoms. The summed E-state index contributed by atoms with van der Waals surface area (Å²) in [6, 6.07) is -0.957. The van der Waals surface area contributed by atoms with Crippen LogP contribution in [0, 0.1) is 6.92 Å². The summed E-state index contributed by atoms with van der Waals surface area (Å²) in [4.78, 5) is 15.6. The number of rotatable bonds is 3. The molecule has 1 heterocycles. The van der Waals surface area contributed by atoms with Crippen molar-refractivity contribution in [1.82, 2.24) is 9.55 Å². The minimum atomic E-state index is -0.721. The monoisotopic (exact) mass is 353 g/mol. The van der Waals surface area contributed by atoms with Crippen molar-refractivity contribution in [2.75, 3.05) is 7.11 Å². The lowest BCUT2D eigenvalue weighted by Crippen LogP contribution is -2.39. The molecule has 0 aliphatic carbocycles. The molecule has 0 aliphatic rings. The zero-order valence-electron chi connectivity index (χ0n) is 9.20. The maximum atomic E-state index is 11.3. The number of carbonyl (C=O) groups is 1. The normalized spacial score (nSPS) is 14.6. The summed E-state index contributed by atoms with van der Waals surface area (Å²) in [5.74, 6) is 0.328. The van der Waals surface area contributed by atoms with Gasteiger partial charge in [0, 0.05) is 0 Å². The first-order chi connectivity index (χ1) is 7.40. The third-order valence-electron chi connectivity index (χ3n) is 2.39. The molecule has 2 N–H and O–H groups in total. The number of aromatic nitrogens is 2. The Morgan fingerprint density at radius 3 is 2.50 bits per heavy atom. The van der Waals surface area contributed by atoms with Gasteiger partial charge in [-0.25, -0.2) is 4.98 Å². The third-order valence-corrected chi connectivity index (χ3v) is 4.23. The molecule has 0 aromatic carbocycles. The molecular weight excluding hydrogens is 342 g/mol. The topological polar surface area (TPSA) is 70.1 Å². The SMILES string of the molecule is COC(=O)C(N)C(C)n1c(C)nc(Br)c1Br. The largest absolute Gasteiger partial charge is 0.468 e. The quantitative estimate of drug-likeness (QED) is 0.840. The highest BCUT2D eigenvalue weighted by atomic mass is 79.9. The van der Waals surface area contributed by atoms with Crippen molar-refractivity contribution in [2.45, 2.75) is 25.9 Å². The number of carbonyl (C=O) groups excluding carboxylic acids is 1. The van der Waals surface area contributed by atoms with E-state index in [0.717, 1.165) is 10.4 Å². The van der Waals surface area contributed by atoms with Gasteiger partial charge < -0.3 is 15.0 Å². The van der Waals surface area contributed by atoms with Gasteiger partial charge in [-0.15, -0.1) is 0 Å². The van der Waals surface area contributed by atoms with E-state index in [0.29, 0.717) is 4.60 Å². The van der Waals surface area contributed by atoms with E-state index in [2.05, 4.69) is 41.6 Å². The molecule has 2 atom stereocenters.